The number of carbonyl (C=O) groups excluding carboxylic acids is 1. The van der Waals surface area contributed by atoms with Gasteiger partial charge in [-0.05, 0) is 11.5 Å². The zero-order valence-electron chi connectivity index (χ0n) is 13.7. The van der Waals surface area contributed by atoms with Crippen molar-refractivity contribution in [3.8, 4) is 0 Å². The maximum absolute atomic E-state index is 12.8. The molecule has 0 atom stereocenters. The second-order valence-corrected chi connectivity index (χ2v) is 8.40. The molecule has 1 aliphatic rings. The summed E-state index contributed by atoms with van der Waals surface area (Å²) < 4.78 is 22.5. The lowest BCUT2D eigenvalue weighted by molar-refractivity contribution is 0.0640. The van der Waals surface area contributed by atoms with Crippen LogP contribution in [-0.2, 0) is 9.84 Å². The normalized spacial score (nSPS) is 16.5. The first-order valence-corrected chi connectivity index (χ1v) is 10.0. The van der Waals surface area contributed by atoms with Crippen LogP contribution in [0, 0.1) is 0 Å². The molecule has 7 heteroatoms. The highest BCUT2D eigenvalue weighted by Crippen LogP contribution is 2.18. The fraction of sp³-hybridized carbons (Fsp3) is 0.412. The van der Waals surface area contributed by atoms with Gasteiger partial charge < -0.3 is 4.90 Å². The molecular weight excluding hydrogens is 326 g/mol. The topological polar surface area (TPSA) is 70.6 Å². The van der Waals surface area contributed by atoms with Gasteiger partial charge in [0.2, 0.25) is 0 Å². The Kier molecular flexibility index (Phi) is 4.82. The minimum atomic E-state index is -2.95. The molecule has 0 unspecified atom stereocenters. The van der Waals surface area contributed by atoms with Gasteiger partial charge >= 0.3 is 0 Å². The van der Waals surface area contributed by atoms with Crippen LogP contribution in [0.2, 0.25) is 0 Å². The van der Waals surface area contributed by atoms with Crippen molar-refractivity contribution in [2.75, 3.05) is 44.7 Å². The molecule has 2 aromatic rings. The molecule has 2 heterocycles. The third kappa shape index (κ3) is 3.91. The van der Waals surface area contributed by atoms with E-state index in [-0.39, 0.29) is 11.7 Å². The number of piperazine rings is 1. The number of hydrogen-bond acceptors (Lipinski definition) is 5. The molecule has 1 aliphatic heterocycles. The Balaban J connectivity index is 1.67. The van der Waals surface area contributed by atoms with Gasteiger partial charge in [0.25, 0.3) is 5.91 Å². The summed E-state index contributed by atoms with van der Waals surface area (Å²) in [4.78, 5) is 21.0. The molecule has 1 saturated heterocycles. The molecule has 0 saturated carbocycles. The second kappa shape index (κ2) is 6.86. The number of fused-ring (bicyclic) bond motifs is 1. The Morgan fingerprint density at radius 2 is 1.83 bits per heavy atom. The number of sulfone groups is 1. The van der Waals surface area contributed by atoms with Crippen molar-refractivity contribution >= 4 is 26.5 Å². The molecule has 128 valence electrons. The van der Waals surface area contributed by atoms with Gasteiger partial charge in [-0.3, -0.25) is 14.7 Å². The molecule has 0 aliphatic carbocycles. The van der Waals surface area contributed by atoms with E-state index in [1.54, 1.807) is 11.1 Å². The maximum Gasteiger partial charge on any atom is 0.273 e. The molecule has 6 nitrogen and oxygen atoms in total. The maximum atomic E-state index is 12.8. The van der Waals surface area contributed by atoms with Crippen molar-refractivity contribution in [1.82, 2.24) is 14.8 Å². The summed E-state index contributed by atoms with van der Waals surface area (Å²) >= 11 is 0. The summed E-state index contributed by atoms with van der Waals surface area (Å²) in [7, 11) is -2.95. The van der Waals surface area contributed by atoms with Crippen LogP contribution in [0.4, 0.5) is 0 Å². The second-order valence-electron chi connectivity index (χ2n) is 6.14. The number of amides is 1. The molecule has 3 rings (SSSR count). The smallest absolute Gasteiger partial charge is 0.273 e. The third-order valence-electron chi connectivity index (χ3n) is 4.31. The summed E-state index contributed by atoms with van der Waals surface area (Å²) in [5.41, 5.74) is 0.484. The number of hydrogen-bond donors (Lipinski definition) is 0. The fourth-order valence-electron chi connectivity index (χ4n) is 2.91. The zero-order chi connectivity index (χ0) is 17.2. The molecule has 1 amide bonds. The van der Waals surface area contributed by atoms with Gasteiger partial charge in [-0.1, -0.05) is 24.3 Å². The molecule has 0 spiro atoms. The van der Waals surface area contributed by atoms with Crippen LogP contribution in [0.15, 0.2) is 36.5 Å². The van der Waals surface area contributed by atoms with E-state index in [0.29, 0.717) is 38.4 Å². The summed E-state index contributed by atoms with van der Waals surface area (Å²) in [5.74, 6) is 0.0980. The van der Waals surface area contributed by atoms with Crippen molar-refractivity contribution in [2.24, 2.45) is 0 Å². The van der Waals surface area contributed by atoms with Crippen LogP contribution < -0.4 is 0 Å². The SMILES string of the molecule is CS(=O)(=O)CCN1CCN(C(=O)c2nccc3ccccc23)CC1. The van der Waals surface area contributed by atoms with E-state index in [0.717, 1.165) is 10.8 Å². The van der Waals surface area contributed by atoms with Crippen molar-refractivity contribution in [1.29, 1.82) is 0 Å². The standard InChI is InChI=1S/C17H21N3O3S/c1-24(22,23)13-12-19-8-10-20(11-9-19)17(21)16-15-5-3-2-4-14(15)6-7-18-16/h2-7H,8-13H2,1H3. The number of rotatable bonds is 4. The van der Waals surface area contributed by atoms with E-state index in [9.17, 15) is 13.2 Å². The number of aromatic nitrogens is 1. The number of benzene rings is 1. The summed E-state index contributed by atoms with van der Waals surface area (Å²) in [6, 6.07) is 9.63. The molecule has 0 bridgehead atoms. The van der Waals surface area contributed by atoms with Crippen LogP contribution in [0.1, 0.15) is 10.5 Å². The monoisotopic (exact) mass is 347 g/mol. The predicted molar refractivity (Wildman–Crippen MR) is 93.8 cm³/mol. The van der Waals surface area contributed by atoms with E-state index >= 15 is 0 Å². The van der Waals surface area contributed by atoms with Crippen molar-refractivity contribution < 1.29 is 13.2 Å². The summed E-state index contributed by atoms with van der Waals surface area (Å²) in [5, 5.41) is 1.87. The number of nitrogens with zero attached hydrogens (tertiary/aromatic N) is 3. The highest BCUT2D eigenvalue weighted by atomic mass is 32.2. The van der Waals surface area contributed by atoms with Crippen LogP contribution in [0.3, 0.4) is 0 Å². The zero-order valence-corrected chi connectivity index (χ0v) is 14.5. The Bertz CT molecular complexity index is 838. The molecule has 1 aromatic carbocycles. The van der Waals surface area contributed by atoms with E-state index < -0.39 is 9.84 Å². The Labute approximate surface area is 142 Å². The third-order valence-corrected chi connectivity index (χ3v) is 5.24. The lowest BCUT2D eigenvalue weighted by Gasteiger charge is -2.34. The van der Waals surface area contributed by atoms with Gasteiger partial charge in [0.15, 0.2) is 0 Å². The Morgan fingerprint density at radius 1 is 1.12 bits per heavy atom. The molecule has 1 fully saturated rings. The average molecular weight is 347 g/mol. The first kappa shape index (κ1) is 16.9. The largest absolute Gasteiger partial charge is 0.335 e. The van der Waals surface area contributed by atoms with Gasteiger partial charge in [-0.25, -0.2) is 8.42 Å². The van der Waals surface area contributed by atoms with Crippen molar-refractivity contribution in [3.05, 3.63) is 42.2 Å². The molecular formula is C17H21N3O3S. The minimum absolute atomic E-state index is 0.0606. The quantitative estimate of drug-likeness (QED) is 0.826. The first-order chi connectivity index (χ1) is 11.4. The Hall–Kier alpha value is -1.99. The highest BCUT2D eigenvalue weighted by Gasteiger charge is 2.24. The van der Waals surface area contributed by atoms with Crippen LogP contribution in [0.25, 0.3) is 10.8 Å². The van der Waals surface area contributed by atoms with Crippen LogP contribution >= 0.6 is 0 Å². The van der Waals surface area contributed by atoms with E-state index in [4.69, 9.17) is 0 Å². The lowest BCUT2D eigenvalue weighted by Crippen LogP contribution is -2.49. The summed E-state index contributed by atoms with van der Waals surface area (Å²) in [6.07, 6.45) is 2.91. The number of carbonyl (C=O) groups is 1. The van der Waals surface area contributed by atoms with E-state index in [2.05, 4.69) is 9.88 Å². The number of pyridine rings is 1. The van der Waals surface area contributed by atoms with Crippen molar-refractivity contribution in [3.63, 3.8) is 0 Å². The van der Waals surface area contributed by atoms with Gasteiger partial charge in [-0.2, -0.15) is 0 Å². The van der Waals surface area contributed by atoms with Gasteiger partial charge in [-0.15, -0.1) is 0 Å². The predicted octanol–water partition coefficient (Wildman–Crippen LogP) is 1.04. The summed E-state index contributed by atoms with van der Waals surface area (Å²) in [6.45, 7) is 3.08. The molecule has 1 aromatic heterocycles. The van der Waals surface area contributed by atoms with Gasteiger partial charge in [0.05, 0.1) is 5.75 Å². The van der Waals surface area contributed by atoms with E-state index in [1.165, 1.54) is 6.26 Å². The van der Waals surface area contributed by atoms with Crippen LogP contribution in [-0.4, -0.2) is 73.8 Å². The molecule has 24 heavy (non-hydrogen) atoms. The van der Waals surface area contributed by atoms with Gasteiger partial charge in [0.1, 0.15) is 15.5 Å². The van der Waals surface area contributed by atoms with Crippen molar-refractivity contribution in [2.45, 2.75) is 0 Å². The van der Waals surface area contributed by atoms with E-state index in [1.807, 2.05) is 30.3 Å². The highest BCUT2D eigenvalue weighted by molar-refractivity contribution is 7.90. The van der Waals surface area contributed by atoms with Crippen LogP contribution in [0.5, 0.6) is 0 Å². The fourth-order valence-corrected chi connectivity index (χ4v) is 3.50. The van der Waals surface area contributed by atoms with Gasteiger partial charge in [0, 0.05) is 50.6 Å². The average Bonchev–Trinajstić information content (AvgIpc) is 2.59. The molecule has 0 N–H and O–H groups in total. The lowest BCUT2D eigenvalue weighted by atomic mass is 10.1. The first-order valence-electron chi connectivity index (χ1n) is 7.97. The molecule has 0 radical (unpaired) electrons. The minimum Gasteiger partial charge on any atom is -0.335 e. The Morgan fingerprint density at radius 3 is 2.54 bits per heavy atom.